The first-order valence-corrected chi connectivity index (χ1v) is 6.99. The van der Waals surface area contributed by atoms with Gasteiger partial charge < -0.3 is 15.7 Å². The molecule has 0 bridgehead atoms. The first kappa shape index (κ1) is 13.7. The van der Waals surface area contributed by atoms with Gasteiger partial charge in [-0.1, -0.05) is 13.3 Å². The number of likely N-dealkylation sites (tertiary alicyclic amines) is 1. The molecule has 1 aromatic rings. The molecule has 1 aromatic carbocycles. The highest BCUT2D eigenvalue weighted by molar-refractivity contribution is 5.99. The lowest BCUT2D eigenvalue weighted by Gasteiger charge is -2.21. The number of carbonyl (C=O) groups is 1. The summed E-state index contributed by atoms with van der Waals surface area (Å²) >= 11 is 0. The number of aromatic hydroxyl groups is 1. The van der Waals surface area contributed by atoms with Gasteiger partial charge in [0, 0.05) is 18.8 Å². The van der Waals surface area contributed by atoms with Gasteiger partial charge in [0.1, 0.15) is 5.75 Å². The van der Waals surface area contributed by atoms with Gasteiger partial charge in [-0.15, -0.1) is 0 Å². The number of hydrogen-bond donors (Lipinski definition) is 2. The normalized spacial score (nSPS) is 20.1. The molecule has 4 nitrogen and oxygen atoms in total. The molecule has 0 aromatic heterocycles. The molecule has 0 spiro atoms. The number of phenolic OH excluding ortho intramolecular Hbond substituents is 1. The zero-order chi connectivity index (χ0) is 13.8. The minimum absolute atomic E-state index is 0.0647. The predicted octanol–water partition coefficient (Wildman–Crippen LogP) is 2.63. The highest BCUT2D eigenvalue weighted by Crippen LogP contribution is 2.24. The van der Waals surface area contributed by atoms with Gasteiger partial charge in [0.2, 0.25) is 0 Å². The number of benzene rings is 1. The molecule has 0 radical (unpaired) electrons. The van der Waals surface area contributed by atoms with Crippen molar-refractivity contribution < 1.29 is 9.90 Å². The van der Waals surface area contributed by atoms with Crippen molar-refractivity contribution in [2.75, 3.05) is 18.8 Å². The van der Waals surface area contributed by atoms with E-state index in [1.165, 1.54) is 25.0 Å². The fourth-order valence-corrected chi connectivity index (χ4v) is 2.68. The van der Waals surface area contributed by atoms with Crippen molar-refractivity contribution >= 4 is 11.6 Å². The average Bonchev–Trinajstić information content (AvgIpc) is 2.66. The highest BCUT2D eigenvalue weighted by atomic mass is 16.3. The lowest BCUT2D eigenvalue weighted by atomic mass is 9.98. The van der Waals surface area contributed by atoms with Crippen molar-refractivity contribution in [3.05, 3.63) is 23.8 Å². The Morgan fingerprint density at radius 3 is 2.95 bits per heavy atom. The second kappa shape index (κ2) is 5.95. The molecule has 104 valence electrons. The molecule has 4 heteroatoms. The maximum Gasteiger partial charge on any atom is 0.256 e. The maximum atomic E-state index is 12.5. The topological polar surface area (TPSA) is 66.6 Å². The second-order valence-corrected chi connectivity index (χ2v) is 5.27. The van der Waals surface area contributed by atoms with E-state index in [0.29, 0.717) is 11.3 Å². The molecule has 1 aliphatic heterocycles. The summed E-state index contributed by atoms with van der Waals surface area (Å²) in [4.78, 5) is 14.3. The van der Waals surface area contributed by atoms with Crippen LogP contribution in [0.2, 0.25) is 0 Å². The van der Waals surface area contributed by atoms with Gasteiger partial charge in [-0.2, -0.15) is 0 Å². The van der Waals surface area contributed by atoms with Crippen LogP contribution in [0.3, 0.4) is 0 Å². The molecule has 1 saturated heterocycles. The number of phenols is 1. The van der Waals surface area contributed by atoms with Crippen LogP contribution in [-0.2, 0) is 0 Å². The van der Waals surface area contributed by atoms with E-state index in [9.17, 15) is 9.90 Å². The van der Waals surface area contributed by atoms with E-state index in [2.05, 4.69) is 6.92 Å². The van der Waals surface area contributed by atoms with Gasteiger partial charge in [-0.25, -0.2) is 0 Å². The van der Waals surface area contributed by atoms with E-state index < -0.39 is 0 Å². The molecular formula is C15H22N2O2. The Kier molecular flexibility index (Phi) is 4.30. The number of carbonyl (C=O) groups excluding carboxylic acids is 1. The molecule has 2 rings (SSSR count). The Balaban J connectivity index is 2.13. The van der Waals surface area contributed by atoms with Crippen molar-refractivity contribution in [1.29, 1.82) is 0 Å². The molecular weight excluding hydrogens is 240 g/mol. The van der Waals surface area contributed by atoms with Crippen molar-refractivity contribution in [1.82, 2.24) is 4.90 Å². The van der Waals surface area contributed by atoms with E-state index in [-0.39, 0.29) is 11.7 Å². The molecule has 3 N–H and O–H groups in total. The van der Waals surface area contributed by atoms with Gasteiger partial charge in [-0.3, -0.25) is 4.79 Å². The SMILES string of the molecule is CCC1CCCN(C(=O)c2cc(O)ccc2N)CC1. The summed E-state index contributed by atoms with van der Waals surface area (Å²) in [6.45, 7) is 3.77. The monoisotopic (exact) mass is 262 g/mol. The predicted molar refractivity (Wildman–Crippen MR) is 76.1 cm³/mol. The maximum absolute atomic E-state index is 12.5. The Hall–Kier alpha value is -1.71. The quantitative estimate of drug-likeness (QED) is 0.636. The number of nitrogens with zero attached hydrogens (tertiary/aromatic N) is 1. The van der Waals surface area contributed by atoms with Gasteiger partial charge in [0.05, 0.1) is 5.56 Å². The summed E-state index contributed by atoms with van der Waals surface area (Å²) in [6, 6.07) is 4.54. The van der Waals surface area contributed by atoms with Gasteiger partial charge in [0.25, 0.3) is 5.91 Å². The number of hydrogen-bond acceptors (Lipinski definition) is 3. The van der Waals surface area contributed by atoms with Crippen LogP contribution < -0.4 is 5.73 Å². The third-order valence-electron chi connectivity index (χ3n) is 3.98. The molecule has 1 amide bonds. The van der Waals surface area contributed by atoms with E-state index in [4.69, 9.17) is 5.73 Å². The van der Waals surface area contributed by atoms with E-state index in [1.807, 2.05) is 4.90 Å². The Labute approximate surface area is 114 Å². The third kappa shape index (κ3) is 3.19. The van der Waals surface area contributed by atoms with Crippen molar-refractivity contribution in [2.24, 2.45) is 5.92 Å². The minimum Gasteiger partial charge on any atom is -0.508 e. The van der Waals surface area contributed by atoms with Crippen molar-refractivity contribution in [3.63, 3.8) is 0 Å². The molecule has 1 heterocycles. The van der Waals surface area contributed by atoms with Crippen molar-refractivity contribution in [3.8, 4) is 5.75 Å². The van der Waals surface area contributed by atoms with Crippen LogP contribution in [0.5, 0.6) is 5.75 Å². The first-order valence-electron chi connectivity index (χ1n) is 6.99. The van der Waals surface area contributed by atoms with Crippen LogP contribution >= 0.6 is 0 Å². The Morgan fingerprint density at radius 2 is 2.21 bits per heavy atom. The summed E-state index contributed by atoms with van der Waals surface area (Å²) in [6.07, 6.45) is 4.47. The van der Waals surface area contributed by atoms with Crippen LogP contribution in [0.1, 0.15) is 43.0 Å². The molecule has 1 unspecified atom stereocenters. The van der Waals surface area contributed by atoms with E-state index in [0.717, 1.165) is 31.8 Å². The van der Waals surface area contributed by atoms with Gasteiger partial charge >= 0.3 is 0 Å². The number of nitrogens with two attached hydrogens (primary N) is 1. The minimum atomic E-state index is -0.0647. The van der Waals surface area contributed by atoms with Crippen LogP contribution in [0.4, 0.5) is 5.69 Å². The largest absolute Gasteiger partial charge is 0.508 e. The van der Waals surface area contributed by atoms with Crippen LogP contribution in [0, 0.1) is 5.92 Å². The smallest absolute Gasteiger partial charge is 0.256 e. The summed E-state index contributed by atoms with van der Waals surface area (Å²) in [5.41, 5.74) is 6.67. The highest BCUT2D eigenvalue weighted by Gasteiger charge is 2.22. The molecule has 0 saturated carbocycles. The Bertz CT molecular complexity index is 459. The lowest BCUT2D eigenvalue weighted by molar-refractivity contribution is 0.0760. The van der Waals surface area contributed by atoms with E-state index >= 15 is 0 Å². The van der Waals surface area contributed by atoms with E-state index in [1.54, 1.807) is 6.07 Å². The molecule has 1 fully saturated rings. The van der Waals surface area contributed by atoms with Crippen molar-refractivity contribution in [2.45, 2.75) is 32.6 Å². The zero-order valence-electron chi connectivity index (χ0n) is 11.4. The number of rotatable bonds is 2. The zero-order valence-corrected chi connectivity index (χ0v) is 11.4. The molecule has 1 atom stereocenters. The van der Waals surface area contributed by atoms with Gasteiger partial charge in [0.15, 0.2) is 0 Å². The summed E-state index contributed by atoms with van der Waals surface area (Å²) in [5, 5.41) is 9.49. The van der Waals surface area contributed by atoms with Crippen LogP contribution in [-0.4, -0.2) is 29.0 Å². The Morgan fingerprint density at radius 1 is 1.42 bits per heavy atom. The summed E-state index contributed by atoms with van der Waals surface area (Å²) in [5.74, 6) is 0.739. The lowest BCUT2D eigenvalue weighted by Crippen LogP contribution is -2.32. The fourth-order valence-electron chi connectivity index (χ4n) is 2.68. The summed E-state index contributed by atoms with van der Waals surface area (Å²) < 4.78 is 0. The fraction of sp³-hybridized carbons (Fsp3) is 0.533. The number of amides is 1. The standard InChI is InChI=1S/C15H22N2O2/c1-2-11-4-3-8-17(9-7-11)15(19)13-10-12(18)5-6-14(13)16/h5-6,10-11,18H,2-4,7-9,16H2,1H3. The summed E-state index contributed by atoms with van der Waals surface area (Å²) in [7, 11) is 0. The first-order chi connectivity index (χ1) is 9.11. The van der Waals surface area contributed by atoms with Gasteiger partial charge in [-0.05, 0) is 43.4 Å². The average molecular weight is 262 g/mol. The number of nitrogen functional groups attached to an aromatic ring is 1. The van der Waals surface area contributed by atoms with Crippen LogP contribution in [0.25, 0.3) is 0 Å². The molecule has 0 aliphatic carbocycles. The second-order valence-electron chi connectivity index (χ2n) is 5.27. The molecule has 1 aliphatic rings. The number of anilines is 1. The molecule has 19 heavy (non-hydrogen) atoms. The third-order valence-corrected chi connectivity index (χ3v) is 3.98. The van der Waals surface area contributed by atoms with Crippen LogP contribution in [0.15, 0.2) is 18.2 Å².